The Morgan fingerprint density at radius 1 is 1.21 bits per heavy atom. The Hall–Kier alpha value is -1.64. The first-order valence-corrected chi connectivity index (χ1v) is 4.44. The van der Waals surface area contributed by atoms with Crippen molar-refractivity contribution in [3.05, 3.63) is 41.8 Å². The largest absolute Gasteiger partial charge is 0.242 e. The van der Waals surface area contributed by atoms with Crippen LogP contribution in [-0.2, 0) is 7.05 Å². The molecule has 0 unspecified atom stereocenters. The maximum atomic E-state index is 13.3. The number of halogens is 1. The molecule has 0 bridgehead atoms. The van der Waals surface area contributed by atoms with E-state index in [1.165, 1.54) is 4.68 Å². The van der Waals surface area contributed by atoms with E-state index >= 15 is 0 Å². The second-order valence-corrected chi connectivity index (χ2v) is 3.25. The highest BCUT2D eigenvalue weighted by Gasteiger charge is 2.12. The van der Waals surface area contributed by atoms with Crippen molar-refractivity contribution in [1.82, 2.24) is 9.78 Å². The van der Waals surface area contributed by atoms with E-state index in [0.29, 0.717) is 11.3 Å². The predicted molar refractivity (Wildman–Crippen MR) is 53.3 cm³/mol. The summed E-state index contributed by atoms with van der Waals surface area (Å²) in [6.07, 6.45) is 0. The van der Waals surface area contributed by atoms with Crippen molar-refractivity contribution in [2.75, 3.05) is 0 Å². The molecule has 1 heterocycles. The van der Waals surface area contributed by atoms with Crippen LogP contribution in [0.2, 0.25) is 0 Å². The molecule has 0 spiro atoms. The molecule has 2 aromatic rings. The van der Waals surface area contributed by atoms with Gasteiger partial charge in [-0.2, -0.15) is 9.49 Å². The van der Waals surface area contributed by atoms with Gasteiger partial charge in [-0.15, -0.1) is 0 Å². The number of hydrogen-bond acceptors (Lipinski definition) is 1. The number of benzene rings is 1. The van der Waals surface area contributed by atoms with Crippen LogP contribution in [0.1, 0.15) is 5.56 Å². The number of aromatic nitrogens is 2. The highest BCUT2D eigenvalue weighted by atomic mass is 19.1. The van der Waals surface area contributed by atoms with Crippen LogP contribution < -0.4 is 0 Å². The third-order valence-electron chi connectivity index (χ3n) is 2.25. The van der Waals surface area contributed by atoms with Gasteiger partial charge in [-0.3, -0.25) is 0 Å². The SMILES string of the molecule is Cc1c(-c2ccccc2)nn(C)c1F. The summed E-state index contributed by atoms with van der Waals surface area (Å²) in [5.41, 5.74) is 2.26. The zero-order valence-corrected chi connectivity index (χ0v) is 8.16. The Kier molecular flexibility index (Phi) is 2.08. The summed E-state index contributed by atoms with van der Waals surface area (Å²) >= 11 is 0. The molecule has 0 radical (unpaired) electrons. The van der Waals surface area contributed by atoms with E-state index < -0.39 is 0 Å². The number of hydrogen-bond donors (Lipinski definition) is 0. The summed E-state index contributed by atoms with van der Waals surface area (Å²) < 4.78 is 14.6. The lowest BCUT2D eigenvalue weighted by atomic mass is 10.1. The molecule has 0 aliphatic rings. The number of rotatable bonds is 1. The van der Waals surface area contributed by atoms with Crippen LogP contribution in [0.25, 0.3) is 11.3 Å². The molecule has 0 amide bonds. The van der Waals surface area contributed by atoms with Crippen molar-refractivity contribution in [2.45, 2.75) is 6.92 Å². The standard InChI is InChI=1S/C11H11FN2/c1-8-10(13-14(2)11(8)12)9-6-4-3-5-7-9/h3-7H,1-2H3. The van der Waals surface area contributed by atoms with Crippen LogP contribution >= 0.6 is 0 Å². The Morgan fingerprint density at radius 3 is 2.36 bits per heavy atom. The van der Waals surface area contributed by atoms with Gasteiger partial charge in [0.05, 0.1) is 5.69 Å². The van der Waals surface area contributed by atoms with Crippen molar-refractivity contribution in [3.63, 3.8) is 0 Å². The van der Waals surface area contributed by atoms with Crippen LogP contribution in [0.15, 0.2) is 30.3 Å². The van der Waals surface area contributed by atoms with Crippen LogP contribution in [0, 0.1) is 12.9 Å². The maximum absolute atomic E-state index is 13.3. The Bertz CT molecular complexity index is 446. The molecule has 1 aromatic heterocycles. The van der Waals surface area contributed by atoms with Crippen molar-refractivity contribution in [2.24, 2.45) is 7.05 Å². The van der Waals surface area contributed by atoms with Gasteiger partial charge in [-0.25, -0.2) is 4.68 Å². The summed E-state index contributed by atoms with van der Waals surface area (Å²) in [7, 11) is 1.61. The smallest absolute Gasteiger partial charge is 0.214 e. The van der Waals surface area contributed by atoms with Crippen molar-refractivity contribution < 1.29 is 4.39 Å². The van der Waals surface area contributed by atoms with Crippen LogP contribution in [-0.4, -0.2) is 9.78 Å². The van der Waals surface area contributed by atoms with E-state index in [2.05, 4.69) is 5.10 Å². The predicted octanol–water partition coefficient (Wildman–Crippen LogP) is 2.53. The van der Waals surface area contributed by atoms with Gasteiger partial charge in [0.15, 0.2) is 0 Å². The highest BCUT2D eigenvalue weighted by Crippen LogP contribution is 2.22. The topological polar surface area (TPSA) is 17.8 Å². The molecular weight excluding hydrogens is 179 g/mol. The Morgan fingerprint density at radius 2 is 1.86 bits per heavy atom. The van der Waals surface area contributed by atoms with Crippen molar-refractivity contribution >= 4 is 0 Å². The minimum absolute atomic E-state index is 0.274. The molecule has 2 rings (SSSR count). The van der Waals surface area contributed by atoms with Crippen LogP contribution in [0.3, 0.4) is 0 Å². The van der Waals surface area contributed by atoms with Gasteiger partial charge >= 0.3 is 0 Å². The molecule has 0 fully saturated rings. The normalized spacial score (nSPS) is 10.5. The maximum Gasteiger partial charge on any atom is 0.214 e. The monoisotopic (exact) mass is 190 g/mol. The van der Waals surface area contributed by atoms with E-state index in [1.54, 1.807) is 14.0 Å². The quantitative estimate of drug-likeness (QED) is 0.675. The van der Waals surface area contributed by atoms with Crippen molar-refractivity contribution in [3.8, 4) is 11.3 Å². The van der Waals surface area contributed by atoms with Gasteiger partial charge in [-0.05, 0) is 6.92 Å². The minimum Gasteiger partial charge on any atom is -0.242 e. The molecule has 0 saturated carbocycles. The summed E-state index contributed by atoms with van der Waals surface area (Å²) in [4.78, 5) is 0. The summed E-state index contributed by atoms with van der Waals surface area (Å²) in [5, 5.41) is 4.12. The molecule has 0 N–H and O–H groups in total. The first-order chi connectivity index (χ1) is 6.70. The van der Waals surface area contributed by atoms with E-state index in [9.17, 15) is 4.39 Å². The summed E-state index contributed by atoms with van der Waals surface area (Å²) in [6, 6.07) is 9.62. The number of aryl methyl sites for hydroxylation is 1. The average Bonchev–Trinajstić information content (AvgIpc) is 2.47. The van der Waals surface area contributed by atoms with Gasteiger partial charge < -0.3 is 0 Å². The summed E-state index contributed by atoms with van der Waals surface area (Å²) in [5.74, 6) is -0.274. The fourth-order valence-electron chi connectivity index (χ4n) is 1.48. The van der Waals surface area contributed by atoms with Crippen LogP contribution in [0.4, 0.5) is 4.39 Å². The molecular formula is C11H11FN2. The minimum atomic E-state index is -0.274. The molecule has 72 valence electrons. The van der Waals surface area contributed by atoms with Gasteiger partial charge in [0, 0.05) is 18.2 Å². The van der Waals surface area contributed by atoms with E-state index in [1.807, 2.05) is 30.3 Å². The van der Waals surface area contributed by atoms with Crippen molar-refractivity contribution in [1.29, 1.82) is 0 Å². The fourth-order valence-corrected chi connectivity index (χ4v) is 1.48. The van der Waals surface area contributed by atoms with Gasteiger partial charge in [0.2, 0.25) is 5.95 Å². The van der Waals surface area contributed by atoms with Crippen LogP contribution in [0.5, 0.6) is 0 Å². The lowest BCUT2D eigenvalue weighted by Gasteiger charge is -1.95. The third kappa shape index (κ3) is 1.31. The summed E-state index contributed by atoms with van der Waals surface area (Å²) in [6.45, 7) is 1.74. The number of nitrogens with zero attached hydrogens (tertiary/aromatic N) is 2. The Balaban J connectivity index is 2.58. The van der Waals surface area contributed by atoms with Gasteiger partial charge in [-0.1, -0.05) is 30.3 Å². The Labute approximate surface area is 82.0 Å². The first kappa shape index (κ1) is 8.94. The zero-order chi connectivity index (χ0) is 10.1. The molecule has 0 aliphatic carbocycles. The molecule has 0 atom stereocenters. The third-order valence-corrected chi connectivity index (χ3v) is 2.25. The second-order valence-electron chi connectivity index (χ2n) is 3.25. The molecule has 3 heteroatoms. The molecule has 14 heavy (non-hydrogen) atoms. The lowest BCUT2D eigenvalue weighted by Crippen LogP contribution is -1.93. The van der Waals surface area contributed by atoms with Gasteiger partial charge in [0.1, 0.15) is 0 Å². The van der Waals surface area contributed by atoms with Gasteiger partial charge in [0.25, 0.3) is 0 Å². The zero-order valence-electron chi connectivity index (χ0n) is 8.16. The van der Waals surface area contributed by atoms with E-state index in [0.717, 1.165) is 5.56 Å². The molecule has 0 saturated heterocycles. The molecule has 2 nitrogen and oxygen atoms in total. The average molecular weight is 190 g/mol. The first-order valence-electron chi connectivity index (χ1n) is 4.44. The molecule has 1 aromatic carbocycles. The highest BCUT2D eigenvalue weighted by molar-refractivity contribution is 5.62. The second kappa shape index (κ2) is 3.25. The molecule has 0 aliphatic heterocycles. The fraction of sp³-hybridized carbons (Fsp3) is 0.182. The van der Waals surface area contributed by atoms with E-state index in [-0.39, 0.29) is 5.95 Å². The van der Waals surface area contributed by atoms with E-state index in [4.69, 9.17) is 0 Å². The lowest BCUT2D eigenvalue weighted by molar-refractivity contribution is 0.499.